The van der Waals surface area contributed by atoms with Crippen LogP contribution in [-0.2, 0) is 11.2 Å². The Kier molecular flexibility index (Phi) is 5.99. The molecule has 0 aliphatic rings. The number of rotatable bonds is 7. The Hall–Kier alpha value is -2.98. The molecule has 4 nitrogen and oxygen atoms in total. The molecule has 0 aromatic heterocycles. The van der Waals surface area contributed by atoms with Gasteiger partial charge >= 0.3 is 5.97 Å². The smallest absolute Gasteiger partial charge is 0.345 e. The molecule has 0 amide bonds. The Morgan fingerprint density at radius 3 is 2.26 bits per heavy atom. The van der Waals surface area contributed by atoms with Crippen molar-refractivity contribution in [3.63, 3.8) is 0 Å². The first-order valence-electron chi connectivity index (χ1n) is 8.44. The first-order chi connectivity index (χ1) is 13.1. The second-order valence-electron chi connectivity index (χ2n) is 6.01. The Morgan fingerprint density at radius 2 is 1.67 bits per heavy atom. The number of carboxylic acid groups (broad SMARTS) is 1. The van der Waals surface area contributed by atoms with Gasteiger partial charge in [0, 0.05) is 6.42 Å². The Labute approximate surface area is 162 Å². The lowest BCUT2D eigenvalue weighted by Crippen LogP contribution is -2.29. The van der Waals surface area contributed by atoms with Gasteiger partial charge in [0.15, 0.2) is 6.10 Å². The van der Waals surface area contributed by atoms with Crippen molar-refractivity contribution in [2.24, 2.45) is 0 Å². The minimum Gasteiger partial charge on any atom is -0.495 e. The number of halogens is 1. The first kappa shape index (κ1) is 18.8. The van der Waals surface area contributed by atoms with E-state index < -0.39 is 12.1 Å². The summed E-state index contributed by atoms with van der Waals surface area (Å²) in [6, 6.07) is 22.5. The predicted molar refractivity (Wildman–Crippen MR) is 106 cm³/mol. The van der Waals surface area contributed by atoms with Crippen LogP contribution in [0.1, 0.15) is 5.56 Å². The molecule has 138 valence electrons. The predicted octanol–water partition coefficient (Wildman–Crippen LogP) is 5.09. The first-order valence-corrected chi connectivity index (χ1v) is 8.82. The molecule has 0 bridgehead atoms. The number of carboxylic acids is 1. The molecule has 5 heteroatoms. The topological polar surface area (TPSA) is 55.8 Å². The average Bonchev–Trinajstić information content (AvgIpc) is 2.69. The third kappa shape index (κ3) is 4.80. The molecular formula is C22H19ClO4. The van der Waals surface area contributed by atoms with E-state index in [0.29, 0.717) is 16.5 Å². The van der Waals surface area contributed by atoms with Gasteiger partial charge in [-0.1, -0.05) is 60.1 Å². The van der Waals surface area contributed by atoms with Crippen LogP contribution < -0.4 is 9.47 Å². The van der Waals surface area contributed by atoms with Crippen LogP contribution in [0.5, 0.6) is 11.5 Å². The normalized spacial score (nSPS) is 11.6. The van der Waals surface area contributed by atoms with Crippen molar-refractivity contribution in [2.45, 2.75) is 12.5 Å². The summed E-state index contributed by atoms with van der Waals surface area (Å²) in [7, 11) is 1.53. The summed E-state index contributed by atoms with van der Waals surface area (Å²) in [4.78, 5) is 11.6. The van der Waals surface area contributed by atoms with Gasteiger partial charge in [0.1, 0.15) is 11.5 Å². The molecule has 0 aliphatic heterocycles. The van der Waals surface area contributed by atoms with E-state index in [4.69, 9.17) is 21.1 Å². The molecule has 3 aromatic carbocycles. The van der Waals surface area contributed by atoms with Crippen LogP contribution in [0.25, 0.3) is 11.1 Å². The van der Waals surface area contributed by atoms with Gasteiger partial charge in [-0.2, -0.15) is 0 Å². The highest BCUT2D eigenvalue weighted by atomic mass is 35.5. The second kappa shape index (κ2) is 8.60. The van der Waals surface area contributed by atoms with Crippen molar-refractivity contribution < 1.29 is 19.4 Å². The summed E-state index contributed by atoms with van der Waals surface area (Å²) < 4.78 is 10.8. The number of hydrogen-bond donors (Lipinski definition) is 1. The lowest BCUT2D eigenvalue weighted by atomic mass is 10.1. The van der Waals surface area contributed by atoms with Crippen LogP contribution in [0.2, 0.25) is 5.02 Å². The molecule has 27 heavy (non-hydrogen) atoms. The highest BCUT2D eigenvalue weighted by molar-refractivity contribution is 6.32. The Balaban J connectivity index is 1.73. The van der Waals surface area contributed by atoms with Gasteiger partial charge in [0.2, 0.25) is 0 Å². The zero-order valence-electron chi connectivity index (χ0n) is 14.8. The van der Waals surface area contributed by atoms with Crippen LogP contribution in [0, 0.1) is 0 Å². The summed E-state index contributed by atoms with van der Waals surface area (Å²) in [6.07, 6.45) is -0.823. The standard InChI is InChI=1S/C22H19ClO4/c1-26-20-12-7-15(13-19(20)23)14-21(22(24)25)27-18-10-8-17(9-11-18)16-5-3-2-4-6-16/h2-13,21H,14H2,1H3,(H,24,25)/t21-/m1/s1. The van der Waals surface area contributed by atoms with Gasteiger partial charge in [-0.15, -0.1) is 0 Å². The van der Waals surface area contributed by atoms with E-state index in [1.54, 1.807) is 30.3 Å². The lowest BCUT2D eigenvalue weighted by Gasteiger charge is -2.16. The number of carbonyl (C=O) groups is 1. The molecule has 1 N–H and O–H groups in total. The van der Waals surface area contributed by atoms with E-state index in [-0.39, 0.29) is 6.42 Å². The molecule has 3 rings (SSSR count). The fourth-order valence-corrected chi connectivity index (χ4v) is 3.03. The summed E-state index contributed by atoms with van der Waals surface area (Å²) in [5.74, 6) is 0.0143. The Morgan fingerprint density at radius 1 is 1.00 bits per heavy atom. The molecule has 3 aromatic rings. The molecule has 0 heterocycles. The van der Waals surface area contributed by atoms with Crippen LogP contribution in [0.15, 0.2) is 72.8 Å². The average molecular weight is 383 g/mol. The van der Waals surface area contributed by atoms with Gasteiger partial charge in [0.05, 0.1) is 12.1 Å². The van der Waals surface area contributed by atoms with E-state index in [1.165, 1.54) is 7.11 Å². The summed E-state index contributed by atoms with van der Waals surface area (Å²) in [5.41, 5.74) is 2.89. The highest BCUT2D eigenvalue weighted by Gasteiger charge is 2.20. The molecule has 0 radical (unpaired) electrons. The zero-order chi connectivity index (χ0) is 19.2. The zero-order valence-corrected chi connectivity index (χ0v) is 15.5. The van der Waals surface area contributed by atoms with Crippen LogP contribution >= 0.6 is 11.6 Å². The largest absolute Gasteiger partial charge is 0.495 e. The van der Waals surface area contributed by atoms with Crippen molar-refractivity contribution in [1.82, 2.24) is 0 Å². The van der Waals surface area contributed by atoms with Crippen LogP contribution in [0.4, 0.5) is 0 Å². The number of methoxy groups -OCH3 is 1. The number of ether oxygens (including phenoxy) is 2. The minimum atomic E-state index is -1.03. The monoisotopic (exact) mass is 382 g/mol. The van der Waals surface area contributed by atoms with Crippen LogP contribution in [0.3, 0.4) is 0 Å². The van der Waals surface area contributed by atoms with E-state index >= 15 is 0 Å². The van der Waals surface area contributed by atoms with E-state index in [2.05, 4.69) is 0 Å². The minimum absolute atomic E-state index is 0.194. The third-order valence-electron chi connectivity index (χ3n) is 4.15. The fourth-order valence-electron chi connectivity index (χ4n) is 2.75. The van der Waals surface area contributed by atoms with Gasteiger partial charge < -0.3 is 14.6 Å². The molecular weight excluding hydrogens is 364 g/mol. The molecule has 0 saturated carbocycles. The summed E-state index contributed by atoms with van der Waals surface area (Å²) in [6.45, 7) is 0. The SMILES string of the molecule is COc1ccc(C[C@@H](Oc2ccc(-c3ccccc3)cc2)C(=O)O)cc1Cl. The quantitative estimate of drug-likeness (QED) is 0.618. The maximum Gasteiger partial charge on any atom is 0.345 e. The highest BCUT2D eigenvalue weighted by Crippen LogP contribution is 2.27. The van der Waals surface area contributed by atoms with E-state index in [9.17, 15) is 9.90 Å². The summed E-state index contributed by atoms with van der Waals surface area (Å²) in [5, 5.41) is 9.95. The molecule has 0 fully saturated rings. The maximum atomic E-state index is 11.6. The van der Waals surface area contributed by atoms with Gasteiger partial charge in [-0.25, -0.2) is 4.79 Å². The lowest BCUT2D eigenvalue weighted by molar-refractivity contribution is -0.145. The third-order valence-corrected chi connectivity index (χ3v) is 4.45. The van der Waals surface area contributed by atoms with Crippen molar-refractivity contribution in [1.29, 1.82) is 0 Å². The van der Waals surface area contributed by atoms with Gasteiger partial charge in [0.25, 0.3) is 0 Å². The van der Waals surface area contributed by atoms with Crippen LogP contribution in [-0.4, -0.2) is 24.3 Å². The number of benzene rings is 3. The maximum absolute atomic E-state index is 11.6. The molecule has 0 saturated heterocycles. The molecule has 0 aliphatic carbocycles. The van der Waals surface area contributed by atoms with Crippen molar-refractivity contribution in [3.8, 4) is 22.6 Å². The number of hydrogen-bond acceptors (Lipinski definition) is 3. The Bertz CT molecular complexity index is 907. The van der Waals surface area contributed by atoms with E-state index in [0.717, 1.165) is 16.7 Å². The van der Waals surface area contributed by atoms with Gasteiger partial charge in [-0.3, -0.25) is 0 Å². The number of aliphatic carboxylic acids is 1. The molecule has 1 atom stereocenters. The van der Waals surface area contributed by atoms with Gasteiger partial charge in [-0.05, 0) is 41.0 Å². The fraction of sp³-hybridized carbons (Fsp3) is 0.136. The molecule has 0 spiro atoms. The van der Waals surface area contributed by atoms with Crippen molar-refractivity contribution in [2.75, 3.05) is 7.11 Å². The second-order valence-corrected chi connectivity index (χ2v) is 6.42. The van der Waals surface area contributed by atoms with E-state index in [1.807, 2.05) is 42.5 Å². The van der Waals surface area contributed by atoms with Crippen molar-refractivity contribution >= 4 is 17.6 Å². The summed E-state index contributed by atoms with van der Waals surface area (Å²) >= 11 is 6.12. The van der Waals surface area contributed by atoms with Crippen molar-refractivity contribution in [3.05, 3.63) is 83.4 Å². The molecule has 0 unspecified atom stereocenters.